The molecule has 5 nitrogen and oxygen atoms in total. The number of nitrogens with zero attached hydrogens (tertiary/aromatic N) is 1. The van der Waals surface area contributed by atoms with Crippen LogP contribution in [-0.4, -0.2) is 31.4 Å². The summed E-state index contributed by atoms with van der Waals surface area (Å²) in [4.78, 5) is 14.2. The van der Waals surface area contributed by atoms with Gasteiger partial charge in [0.15, 0.2) is 0 Å². The average molecular weight is 546 g/mol. The van der Waals surface area contributed by atoms with Crippen molar-refractivity contribution < 1.29 is 9.53 Å². The highest BCUT2D eigenvalue weighted by Gasteiger charge is 2.16. The maximum absolute atomic E-state index is 11.9. The molecule has 0 aliphatic carbocycles. The highest BCUT2D eigenvalue weighted by atomic mass is 35.5. The SMILES string of the molecule is CC[C@@H](C/C=C/CCCSN)CCN(CC)c1cc(C(N)=O)ccc1OCCCCc1cccc(Cl)c1. The van der Waals surface area contributed by atoms with Crippen LogP contribution in [-0.2, 0) is 6.42 Å². The molecule has 0 aliphatic rings. The van der Waals surface area contributed by atoms with E-state index < -0.39 is 5.91 Å². The number of hydrogen-bond donors (Lipinski definition) is 2. The fourth-order valence-corrected chi connectivity index (χ4v) is 4.86. The number of aryl methyl sites for hydroxylation is 1. The maximum atomic E-state index is 11.9. The molecular weight excluding hydrogens is 502 g/mol. The number of benzene rings is 2. The number of nitrogens with two attached hydrogens (primary N) is 2. The molecular formula is C30H44ClN3O2S. The minimum atomic E-state index is -0.421. The van der Waals surface area contributed by atoms with E-state index in [2.05, 4.69) is 37.0 Å². The van der Waals surface area contributed by atoms with Crippen LogP contribution in [0.15, 0.2) is 54.6 Å². The zero-order valence-corrected chi connectivity index (χ0v) is 24.0. The van der Waals surface area contributed by atoms with Crippen LogP contribution in [0.3, 0.4) is 0 Å². The van der Waals surface area contributed by atoms with Gasteiger partial charge in [-0.25, -0.2) is 0 Å². The summed E-state index contributed by atoms with van der Waals surface area (Å²) in [7, 11) is 0. The van der Waals surface area contributed by atoms with Crippen molar-refractivity contribution in [1.82, 2.24) is 0 Å². The third-order valence-electron chi connectivity index (χ3n) is 6.63. The molecule has 0 bridgehead atoms. The van der Waals surface area contributed by atoms with Gasteiger partial charge >= 0.3 is 0 Å². The second-order valence-electron chi connectivity index (χ2n) is 9.34. The third-order valence-corrected chi connectivity index (χ3v) is 7.39. The van der Waals surface area contributed by atoms with Crippen molar-refractivity contribution in [2.24, 2.45) is 16.8 Å². The maximum Gasteiger partial charge on any atom is 0.248 e. The first kappa shape index (κ1) is 31.1. The van der Waals surface area contributed by atoms with Gasteiger partial charge in [-0.2, -0.15) is 0 Å². The monoisotopic (exact) mass is 545 g/mol. The zero-order valence-electron chi connectivity index (χ0n) is 22.5. The summed E-state index contributed by atoms with van der Waals surface area (Å²) in [5, 5.41) is 6.27. The minimum absolute atomic E-state index is 0.421. The summed E-state index contributed by atoms with van der Waals surface area (Å²) in [6, 6.07) is 13.5. The molecule has 0 spiro atoms. The molecule has 2 rings (SSSR count). The lowest BCUT2D eigenvalue weighted by Crippen LogP contribution is -2.27. The number of hydrogen-bond acceptors (Lipinski definition) is 5. The Labute approximate surface area is 233 Å². The van der Waals surface area contributed by atoms with Crippen LogP contribution < -0.4 is 20.5 Å². The largest absolute Gasteiger partial charge is 0.491 e. The van der Waals surface area contributed by atoms with Crippen LogP contribution in [0.25, 0.3) is 0 Å². The number of amides is 1. The van der Waals surface area contributed by atoms with E-state index in [1.165, 1.54) is 17.5 Å². The van der Waals surface area contributed by atoms with Gasteiger partial charge in [0.25, 0.3) is 0 Å². The number of anilines is 1. The molecule has 0 radical (unpaired) electrons. The Morgan fingerprint density at radius 1 is 1.14 bits per heavy atom. The van der Waals surface area contributed by atoms with Crippen LogP contribution in [0.1, 0.15) is 74.7 Å². The predicted molar refractivity (Wildman–Crippen MR) is 161 cm³/mol. The van der Waals surface area contributed by atoms with Crippen LogP contribution in [0.5, 0.6) is 5.75 Å². The first-order valence-corrected chi connectivity index (χ1v) is 14.9. The molecule has 1 amide bonds. The second-order valence-corrected chi connectivity index (χ2v) is 10.5. The molecule has 1 atom stereocenters. The highest BCUT2D eigenvalue weighted by molar-refractivity contribution is 7.97. The Balaban J connectivity index is 1.96. The van der Waals surface area contributed by atoms with E-state index in [4.69, 9.17) is 27.2 Å². The van der Waals surface area contributed by atoms with Crippen molar-refractivity contribution in [3.05, 3.63) is 70.8 Å². The number of halogens is 1. The van der Waals surface area contributed by atoms with Gasteiger partial charge in [0.05, 0.1) is 12.3 Å². The molecule has 37 heavy (non-hydrogen) atoms. The van der Waals surface area contributed by atoms with E-state index in [1.807, 2.05) is 30.3 Å². The summed E-state index contributed by atoms with van der Waals surface area (Å²) in [6.45, 7) is 6.75. The molecule has 0 heterocycles. The van der Waals surface area contributed by atoms with E-state index in [-0.39, 0.29) is 0 Å². The first-order valence-electron chi connectivity index (χ1n) is 13.5. The van der Waals surface area contributed by atoms with E-state index in [0.717, 1.165) is 86.7 Å². The highest BCUT2D eigenvalue weighted by Crippen LogP contribution is 2.31. The van der Waals surface area contributed by atoms with Crippen molar-refractivity contribution in [3.8, 4) is 5.75 Å². The number of allylic oxidation sites excluding steroid dienone is 2. The van der Waals surface area contributed by atoms with Crippen molar-refractivity contribution in [1.29, 1.82) is 0 Å². The lowest BCUT2D eigenvalue weighted by molar-refractivity contribution is 0.1000. The molecule has 0 aliphatic heterocycles. The van der Waals surface area contributed by atoms with Crippen LogP contribution >= 0.6 is 23.5 Å². The van der Waals surface area contributed by atoms with Gasteiger partial charge in [0, 0.05) is 29.4 Å². The van der Waals surface area contributed by atoms with Gasteiger partial charge < -0.3 is 15.4 Å². The van der Waals surface area contributed by atoms with Crippen molar-refractivity contribution in [2.75, 3.05) is 30.3 Å². The summed E-state index contributed by atoms with van der Waals surface area (Å²) in [5.41, 5.74) is 8.29. The van der Waals surface area contributed by atoms with Crippen molar-refractivity contribution in [3.63, 3.8) is 0 Å². The Bertz CT molecular complexity index is 970. The summed E-state index contributed by atoms with van der Waals surface area (Å²) in [6.07, 6.45) is 13.0. The molecule has 2 aromatic carbocycles. The quantitative estimate of drug-likeness (QED) is 0.109. The van der Waals surface area contributed by atoms with E-state index >= 15 is 0 Å². The van der Waals surface area contributed by atoms with Crippen LogP contribution in [0, 0.1) is 5.92 Å². The van der Waals surface area contributed by atoms with Gasteiger partial charge in [-0.15, -0.1) is 0 Å². The number of carbonyl (C=O) groups excluding carboxylic acids is 1. The summed E-state index contributed by atoms with van der Waals surface area (Å²) < 4.78 is 6.22. The third kappa shape index (κ3) is 11.8. The fraction of sp³-hybridized carbons (Fsp3) is 0.500. The molecule has 0 saturated heterocycles. The first-order chi connectivity index (χ1) is 18.0. The fourth-order valence-electron chi connectivity index (χ4n) is 4.31. The molecule has 0 fully saturated rings. The van der Waals surface area contributed by atoms with Crippen molar-refractivity contribution >= 4 is 35.1 Å². The van der Waals surface area contributed by atoms with E-state index in [9.17, 15) is 4.79 Å². The Kier molecular flexibility index (Phi) is 15.2. The summed E-state index contributed by atoms with van der Waals surface area (Å²) >= 11 is 7.50. The van der Waals surface area contributed by atoms with Crippen LogP contribution in [0.4, 0.5) is 5.69 Å². The molecule has 7 heteroatoms. The minimum Gasteiger partial charge on any atom is -0.491 e. The smallest absolute Gasteiger partial charge is 0.248 e. The zero-order chi connectivity index (χ0) is 26.9. The summed E-state index contributed by atoms with van der Waals surface area (Å²) in [5.74, 6) is 2.00. The molecule has 204 valence electrons. The molecule has 0 aromatic heterocycles. The van der Waals surface area contributed by atoms with Gasteiger partial charge in [0.1, 0.15) is 5.75 Å². The lowest BCUT2D eigenvalue weighted by atomic mass is 9.97. The average Bonchev–Trinajstić information content (AvgIpc) is 2.90. The standard InChI is InChI=1S/C30H44ClN3O2S/c1-3-24(12-7-5-6-10-21-37-33)18-19-34(4-2)28-23-26(30(32)35)16-17-29(28)36-20-9-8-13-25-14-11-15-27(31)22-25/h5,7,11,14-17,22-24H,3-4,6,8-10,12-13,18-21,33H2,1-2H3,(H2,32,35)/b7-5+/t24-/m0/s1. The Morgan fingerprint density at radius 2 is 1.97 bits per heavy atom. The number of ether oxygens (including phenoxy) is 1. The molecule has 0 saturated carbocycles. The lowest BCUT2D eigenvalue weighted by Gasteiger charge is -2.27. The number of carbonyl (C=O) groups is 1. The normalized spacial score (nSPS) is 12.1. The topological polar surface area (TPSA) is 81.6 Å². The van der Waals surface area contributed by atoms with E-state index in [0.29, 0.717) is 18.1 Å². The molecule has 0 unspecified atom stereocenters. The number of unbranched alkanes of at least 4 members (excludes halogenated alkanes) is 2. The van der Waals surface area contributed by atoms with Crippen LogP contribution in [0.2, 0.25) is 5.02 Å². The Morgan fingerprint density at radius 3 is 2.68 bits per heavy atom. The number of primary amides is 1. The Hall–Kier alpha value is -2.15. The van der Waals surface area contributed by atoms with Gasteiger partial charge in [-0.1, -0.05) is 61.2 Å². The van der Waals surface area contributed by atoms with Gasteiger partial charge in [-0.3, -0.25) is 9.93 Å². The second kappa shape index (κ2) is 18.2. The van der Waals surface area contributed by atoms with Crippen molar-refractivity contribution in [2.45, 2.75) is 65.2 Å². The van der Waals surface area contributed by atoms with Gasteiger partial charge in [-0.05, 0) is 93.7 Å². The number of rotatable bonds is 19. The molecule has 2 aromatic rings. The van der Waals surface area contributed by atoms with Gasteiger partial charge in [0.2, 0.25) is 5.91 Å². The van der Waals surface area contributed by atoms with E-state index in [1.54, 1.807) is 6.07 Å². The predicted octanol–water partition coefficient (Wildman–Crippen LogP) is 7.42. The molecule has 4 N–H and O–H groups in total.